The van der Waals surface area contributed by atoms with Crippen LogP contribution in [0, 0.1) is 11.7 Å². The predicted octanol–water partition coefficient (Wildman–Crippen LogP) is 7.33. The molecule has 0 amide bonds. The summed E-state index contributed by atoms with van der Waals surface area (Å²) >= 11 is 0. The van der Waals surface area contributed by atoms with Gasteiger partial charge in [-0.2, -0.15) is 0 Å². The maximum atomic E-state index is 14.2. The summed E-state index contributed by atoms with van der Waals surface area (Å²) in [6, 6.07) is 15.7. The normalized spacial score (nSPS) is 17.2. The van der Waals surface area contributed by atoms with E-state index in [1.54, 1.807) is 20.1 Å². The van der Waals surface area contributed by atoms with Crippen LogP contribution in [0.2, 0.25) is 0 Å². The minimum atomic E-state index is -0.751. The third-order valence-corrected chi connectivity index (χ3v) is 7.85. The zero-order chi connectivity index (χ0) is 29.4. The molecule has 3 heterocycles. The van der Waals surface area contributed by atoms with Gasteiger partial charge in [-0.25, -0.2) is 9.37 Å². The Kier molecular flexibility index (Phi) is 10.4. The summed E-state index contributed by atoms with van der Waals surface area (Å²) in [6.45, 7) is 8.90. The fraction of sp³-hybridized carbons (Fsp3) is 0.471. The van der Waals surface area contributed by atoms with E-state index in [-0.39, 0.29) is 17.3 Å². The average Bonchev–Trinajstić information content (AvgIpc) is 3.86. The molecule has 1 atom stereocenters. The van der Waals surface area contributed by atoms with Gasteiger partial charge in [0.05, 0.1) is 25.8 Å². The number of ether oxygens (including phenoxy) is 2. The van der Waals surface area contributed by atoms with Crippen LogP contribution in [-0.2, 0) is 24.2 Å². The predicted molar refractivity (Wildman–Crippen MR) is 160 cm³/mol. The lowest BCUT2D eigenvalue weighted by atomic mass is 9.87. The van der Waals surface area contributed by atoms with Crippen molar-refractivity contribution in [2.45, 2.75) is 77.8 Å². The van der Waals surface area contributed by atoms with Crippen LogP contribution in [-0.4, -0.2) is 46.8 Å². The lowest BCUT2D eigenvalue weighted by molar-refractivity contribution is -0.141. The Labute approximate surface area is 243 Å². The number of halogens is 1. The fourth-order valence-corrected chi connectivity index (χ4v) is 4.83. The number of aryl methyl sites for hydroxylation is 1. The first-order valence-corrected chi connectivity index (χ1v) is 14.7. The number of likely N-dealkylation sites (tertiary alicyclic amines) is 1. The van der Waals surface area contributed by atoms with E-state index in [0.717, 1.165) is 55.0 Å². The molecule has 3 aromatic rings. The van der Waals surface area contributed by atoms with Crippen LogP contribution in [0.5, 0.6) is 11.6 Å². The van der Waals surface area contributed by atoms with E-state index in [4.69, 9.17) is 14.6 Å². The van der Waals surface area contributed by atoms with Crippen LogP contribution < -0.4 is 9.47 Å². The van der Waals surface area contributed by atoms with Crippen LogP contribution >= 0.6 is 0 Å². The number of pyridine rings is 1. The Morgan fingerprint density at radius 3 is 2.51 bits per heavy atom. The number of carbonyl (C=O) groups is 1. The maximum absolute atomic E-state index is 14.2. The number of aromatic nitrogens is 1. The molecular weight excluding hydrogens is 519 g/mol. The van der Waals surface area contributed by atoms with Crippen molar-refractivity contribution in [3.05, 3.63) is 77.2 Å². The largest absolute Gasteiger partial charge is 0.493 e. The van der Waals surface area contributed by atoms with Crippen LogP contribution in [0.1, 0.15) is 69.6 Å². The van der Waals surface area contributed by atoms with Gasteiger partial charge in [-0.3, -0.25) is 9.69 Å². The van der Waals surface area contributed by atoms with E-state index < -0.39 is 5.97 Å². The molecule has 6 rings (SSSR count). The summed E-state index contributed by atoms with van der Waals surface area (Å²) in [6.07, 6.45) is 9.61. The van der Waals surface area contributed by atoms with Gasteiger partial charge < -0.3 is 14.6 Å². The molecular formula is C34H43FN2O4. The van der Waals surface area contributed by atoms with Crippen molar-refractivity contribution in [2.24, 2.45) is 5.92 Å². The van der Waals surface area contributed by atoms with Crippen LogP contribution in [0.4, 0.5) is 4.39 Å². The van der Waals surface area contributed by atoms with Gasteiger partial charge >= 0.3 is 5.97 Å². The molecule has 1 unspecified atom stereocenters. The Hall–Kier alpha value is -3.45. The number of rotatable bonds is 7. The summed E-state index contributed by atoms with van der Waals surface area (Å²) < 4.78 is 24.9. The molecule has 2 aromatic carbocycles. The summed E-state index contributed by atoms with van der Waals surface area (Å²) in [5.74, 6) is -0.0618. The zero-order valence-corrected chi connectivity index (χ0v) is 24.8. The molecule has 220 valence electrons. The molecule has 41 heavy (non-hydrogen) atoms. The Morgan fingerprint density at radius 1 is 1.12 bits per heavy atom. The molecule has 2 aliphatic heterocycles. The first kappa shape index (κ1) is 30.5. The number of hydrogen-bond donors (Lipinski definition) is 1. The zero-order valence-electron chi connectivity index (χ0n) is 24.8. The quantitative estimate of drug-likeness (QED) is 0.325. The van der Waals surface area contributed by atoms with Crippen molar-refractivity contribution in [3.63, 3.8) is 0 Å². The van der Waals surface area contributed by atoms with E-state index in [1.807, 2.05) is 30.3 Å². The van der Waals surface area contributed by atoms with Crippen molar-refractivity contribution < 1.29 is 23.8 Å². The van der Waals surface area contributed by atoms with E-state index in [1.165, 1.54) is 37.4 Å². The molecule has 3 aliphatic rings. The van der Waals surface area contributed by atoms with Gasteiger partial charge in [0.1, 0.15) is 11.6 Å². The van der Waals surface area contributed by atoms with Gasteiger partial charge in [-0.05, 0) is 67.9 Å². The highest BCUT2D eigenvalue weighted by atomic mass is 19.1. The van der Waals surface area contributed by atoms with Gasteiger partial charge in [-0.15, -0.1) is 0 Å². The van der Waals surface area contributed by atoms with Crippen LogP contribution in [0.15, 0.2) is 54.7 Å². The van der Waals surface area contributed by atoms with Crippen LogP contribution in [0.25, 0.3) is 11.1 Å². The standard InChI is InChI=1S/C18H21FN2O.C13H16O3.C3H6/c1-18(2)8-9-21(18)12-13-6-4-5-7-14(13)15-10-17(22-3)20-11-16(15)19;1-9(13(14)15)7-10-4-5-11-3-2-6-16-12(11)8-10;1-2-3-1/h4-7,10-11H,8-9,12H2,1-3H3;4-5,8-9H,2-3,6-7H2,1H3,(H,14,15);1-3H2. The van der Waals surface area contributed by atoms with Crippen molar-refractivity contribution in [1.29, 1.82) is 0 Å². The maximum Gasteiger partial charge on any atom is 0.306 e. The Morgan fingerprint density at radius 2 is 1.88 bits per heavy atom. The second-order valence-electron chi connectivity index (χ2n) is 11.7. The smallest absolute Gasteiger partial charge is 0.306 e. The average molecular weight is 563 g/mol. The van der Waals surface area contributed by atoms with Gasteiger partial charge in [0.15, 0.2) is 0 Å². The molecule has 1 aromatic heterocycles. The van der Waals surface area contributed by atoms with Crippen molar-refractivity contribution in [1.82, 2.24) is 9.88 Å². The number of carboxylic acids is 1. The lowest BCUT2D eigenvalue weighted by Crippen LogP contribution is -2.54. The molecule has 2 fully saturated rings. The van der Waals surface area contributed by atoms with E-state index in [0.29, 0.717) is 17.9 Å². The van der Waals surface area contributed by atoms with Crippen molar-refractivity contribution >= 4 is 5.97 Å². The van der Waals surface area contributed by atoms with Gasteiger partial charge in [0.25, 0.3) is 0 Å². The first-order chi connectivity index (χ1) is 19.7. The van der Waals surface area contributed by atoms with Crippen molar-refractivity contribution in [3.8, 4) is 22.8 Å². The minimum absolute atomic E-state index is 0.224. The minimum Gasteiger partial charge on any atom is -0.493 e. The summed E-state index contributed by atoms with van der Waals surface area (Å²) in [5.41, 5.74) is 5.07. The topological polar surface area (TPSA) is 71.9 Å². The molecule has 6 nitrogen and oxygen atoms in total. The summed E-state index contributed by atoms with van der Waals surface area (Å²) in [7, 11) is 1.54. The summed E-state index contributed by atoms with van der Waals surface area (Å²) in [5, 5.41) is 8.85. The number of aliphatic carboxylic acids is 1. The van der Waals surface area contributed by atoms with E-state index in [2.05, 4.69) is 35.9 Å². The molecule has 0 spiro atoms. The highest BCUT2D eigenvalue weighted by molar-refractivity contribution is 5.70. The number of nitrogens with zero attached hydrogens (tertiary/aromatic N) is 2. The number of fused-ring (bicyclic) bond motifs is 1. The third-order valence-electron chi connectivity index (χ3n) is 7.85. The molecule has 0 bridgehead atoms. The summed E-state index contributed by atoms with van der Waals surface area (Å²) in [4.78, 5) is 17.1. The SMILES string of the molecule is C1CC1.CC(Cc1ccc2c(c1)OCCC2)C(=O)O.COc1cc(-c2ccccc2CN2CCC2(C)C)c(F)cn1. The highest BCUT2D eigenvalue weighted by Gasteiger charge is 2.35. The molecule has 1 saturated carbocycles. The molecule has 7 heteroatoms. The highest BCUT2D eigenvalue weighted by Crippen LogP contribution is 2.35. The Bertz CT molecular complexity index is 1320. The monoisotopic (exact) mass is 562 g/mol. The Balaban J connectivity index is 0.000000178. The van der Waals surface area contributed by atoms with Gasteiger partial charge in [0.2, 0.25) is 5.88 Å². The van der Waals surface area contributed by atoms with Gasteiger partial charge in [0, 0.05) is 30.3 Å². The number of hydrogen-bond acceptors (Lipinski definition) is 5. The second-order valence-corrected chi connectivity index (χ2v) is 11.7. The molecule has 0 radical (unpaired) electrons. The van der Waals surface area contributed by atoms with Gasteiger partial charge in [-0.1, -0.05) is 62.6 Å². The molecule has 1 N–H and O–H groups in total. The van der Waals surface area contributed by atoms with E-state index in [9.17, 15) is 9.18 Å². The number of carboxylic acid groups (broad SMARTS) is 1. The van der Waals surface area contributed by atoms with Crippen molar-refractivity contribution in [2.75, 3.05) is 20.3 Å². The lowest BCUT2D eigenvalue weighted by Gasteiger charge is -2.48. The molecule has 1 aliphatic carbocycles. The number of methoxy groups -OCH3 is 1. The first-order valence-electron chi connectivity index (χ1n) is 14.7. The second kappa shape index (κ2) is 13.9. The van der Waals surface area contributed by atoms with Crippen LogP contribution in [0.3, 0.4) is 0 Å². The van der Waals surface area contributed by atoms with E-state index >= 15 is 0 Å². The fourth-order valence-electron chi connectivity index (χ4n) is 4.83. The molecule has 1 saturated heterocycles. The third kappa shape index (κ3) is 8.52. The number of benzene rings is 2.